The van der Waals surface area contributed by atoms with Crippen molar-refractivity contribution in [2.24, 2.45) is 39.9 Å². The molecule has 2 heterocycles. The number of aliphatic hydroxyl groups is 1. The molecule has 0 spiro atoms. The van der Waals surface area contributed by atoms with Gasteiger partial charge in [-0.05, 0) is 42.7 Å². The maximum absolute atomic E-state index is 14.4. The van der Waals surface area contributed by atoms with E-state index in [2.05, 4.69) is 6.92 Å². The van der Waals surface area contributed by atoms with Crippen molar-refractivity contribution in [1.82, 2.24) is 0 Å². The predicted octanol–water partition coefficient (Wildman–Crippen LogP) is 4.33. The molecule has 2 bridgehead atoms. The van der Waals surface area contributed by atoms with Crippen LogP contribution in [0.3, 0.4) is 0 Å². The van der Waals surface area contributed by atoms with E-state index in [4.69, 9.17) is 18.6 Å². The lowest BCUT2D eigenvalue weighted by Gasteiger charge is -2.65. The number of ether oxygens (including phenoxy) is 3. The molecule has 1 aromatic heterocycles. The van der Waals surface area contributed by atoms with E-state index in [1.165, 1.54) is 7.11 Å². The van der Waals surface area contributed by atoms with Crippen LogP contribution in [0.5, 0.6) is 0 Å². The number of rotatable bonds is 5. The molecule has 0 aromatic carbocycles. The SMILES string of the molecule is COC(=O)C[C@H]1C(C)(C)[C@H](OC(=O)C(C)C)[C@]2(O)C=C3[C@@H]4CC(=O)O[C@@H](c5ccoc5)[C@]4(C)CC[C@@H]3[C@@]1(C)C2=O. The van der Waals surface area contributed by atoms with Gasteiger partial charge in [-0.1, -0.05) is 47.1 Å². The molecule has 1 N–H and O–H groups in total. The summed E-state index contributed by atoms with van der Waals surface area (Å²) in [4.78, 5) is 53.1. The molecule has 9 heteroatoms. The Bertz CT molecular complexity index is 1260. The summed E-state index contributed by atoms with van der Waals surface area (Å²) in [6.07, 6.45) is 4.16. The lowest BCUT2D eigenvalue weighted by Crippen LogP contribution is -2.74. The van der Waals surface area contributed by atoms with Crippen molar-refractivity contribution in [3.05, 3.63) is 35.8 Å². The summed E-state index contributed by atoms with van der Waals surface area (Å²) in [6.45, 7) is 11.0. The third-order valence-corrected chi connectivity index (χ3v) is 10.6. The molecule has 3 fully saturated rings. The Kier molecular flexibility index (Phi) is 6.64. The Morgan fingerprint density at radius 3 is 2.45 bits per heavy atom. The number of hydrogen-bond donors (Lipinski definition) is 1. The van der Waals surface area contributed by atoms with Crippen LogP contribution in [0.4, 0.5) is 0 Å². The van der Waals surface area contributed by atoms with E-state index in [1.807, 2.05) is 20.8 Å². The van der Waals surface area contributed by atoms with Gasteiger partial charge in [0.1, 0.15) is 12.2 Å². The summed E-state index contributed by atoms with van der Waals surface area (Å²) in [7, 11) is 1.30. The fourth-order valence-electron chi connectivity index (χ4n) is 8.53. The highest BCUT2D eigenvalue weighted by atomic mass is 16.6. The standard InChI is InChI=1S/C31H40O9/c1-16(2)25(34)40-27-28(3,4)21(13-22(32)37-7)30(6)19-8-10-29(5)20(18(19)14-31(27,36)26(30)35)12-23(33)39-24(29)17-9-11-38-15-17/h9,11,14-16,19-21,24,27,36H,8,10,12-13H2,1-7H3/t19-,20-,21-,24-,27-,29+,30+,31-/m0/s1. The summed E-state index contributed by atoms with van der Waals surface area (Å²) in [5, 5.41) is 12.3. The molecule has 2 saturated carbocycles. The highest BCUT2D eigenvalue weighted by Crippen LogP contribution is 2.69. The van der Waals surface area contributed by atoms with Crippen molar-refractivity contribution in [2.45, 2.75) is 85.0 Å². The molecule has 8 atom stereocenters. The normalized spacial score (nSPS) is 39.9. The number of Topliss-reactive ketones (excluding diaryl/α,β-unsaturated/α-hetero) is 1. The minimum Gasteiger partial charge on any atom is -0.472 e. The van der Waals surface area contributed by atoms with Crippen LogP contribution in [-0.4, -0.2) is 47.6 Å². The van der Waals surface area contributed by atoms with Crippen LogP contribution in [0.25, 0.3) is 0 Å². The highest BCUT2D eigenvalue weighted by Gasteiger charge is 2.73. The smallest absolute Gasteiger partial charge is 0.308 e. The molecule has 1 aromatic rings. The number of furan rings is 1. The third kappa shape index (κ3) is 3.83. The van der Waals surface area contributed by atoms with Crippen molar-refractivity contribution < 1.29 is 42.9 Å². The lowest BCUT2D eigenvalue weighted by atomic mass is 9.39. The number of carbonyl (C=O) groups excluding carboxylic acids is 4. The summed E-state index contributed by atoms with van der Waals surface area (Å²) >= 11 is 0. The van der Waals surface area contributed by atoms with Gasteiger partial charge in [0.2, 0.25) is 0 Å². The molecular weight excluding hydrogens is 516 g/mol. The van der Waals surface area contributed by atoms with E-state index < -0.39 is 63.6 Å². The molecule has 0 unspecified atom stereocenters. The number of allylic oxidation sites excluding steroid dienone is 1. The van der Waals surface area contributed by atoms with Crippen LogP contribution in [0.2, 0.25) is 0 Å². The topological polar surface area (TPSA) is 129 Å². The monoisotopic (exact) mass is 556 g/mol. The Morgan fingerprint density at radius 2 is 1.85 bits per heavy atom. The highest BCUT2D eigenvalue weighted by molar-refractivity contribution is 5.99. The van der Waals surface area contributed by atoms with Crippen LogP contribution >= 0.6 is 0 Å². The second-order valence-corrected chi connectivity index (χ2v) is 13.5. The molecule has 9 nitrogen and oxygen atoms in total. The van der Waals surface area contributed by atoms with Gasteiger partial charge in [-0.15, -0.1) is 0 Å². The summed E-state index contributed by atoms with van der Waals surface area (Å²) in [5.74, 6) is -3.63. The fraction of sp³-hybridized carbons (Fsp3) is 0.677. The van der Waals surface area contributed by atoms with Gasteiger partial charge in [0, 0.05) is 28.2 Å². The summed E-state index contributed by atoms with van der Waals surface area (Å²) in [6, 6.07) is 1.79. The van der Waals surface area contributed by atoms with Gasteiger partial charge in [0.05, 0.1) is 32.0 Å². The largest absolute Gasteiger partial charge is 0.472 e. The van der Waals surface area contributed by atoms with E-state index in [0.717, 1.165) is 11.1 Å². The van der Waals surface area contributed by atoms with Crippen LogP contribution in [0.15, 0.2) is 34.7 Å². The van der Waals surface area contributed by atoms with Crippen molar-refractivity contribution >= 4 is 23.7 Å². The number of fused-ring (bicyclic) bond motifs is 6. The molecular formula is C31H40O9. The van der Waals surface area contributed by atoms with Gasteiger partial charge in [-0.2, -0.15) is 0 Å². The third-order valence-electron chi connectivity index (χ3n) is 10.6. The number of ketones is 1. The van der Waals surface area contributed by atoms with Crippen LogP contribution < -0.4 is 0 Å². The zero-order chi connectivity index (χ0) is 29.4. The summed E-state index contributed by atoms with van der Waals surface area (Å²) in [5.41, 5.74) is -3.26. The van der Waals surface area contributed by atoms with Crippen molar-refractivity contribution in [1.29, 1.82) is 0 Å². The number of esters is 3. The van der Waals surface area contributed by atoms with Gasteiger partial charge in [-0.25, -0.2) is 0 Å². The molecule has 3 aliphatic carbocycles. The maximum atomic E-state index is 14.4. The first-order valence-corrected chi connectivity index (χ1v) is 14.1. The second kappa shape index (κ2) is 9.29. The zero-order valence-electron chi connectivity index (χ0n) is 24.3. The molecule has 218 valence electrons. The Morgan fingerprint density at radius 1 is 1.15 bits per heavy atom. The molecule has 1 saturated heterocycles. The number of methoxy groups -OCH3 is 1. The van der Waals surface area contributed by atoms with Gasteiger partial charge in [0.25, 0.3) is 0 Å². The number of carbonyl (C=O) groups is 4. The van der Waals surface area contributed by atoms with E-state index in [1.54, 1.807) is 38.5 Å². The molecule has 40 heavy (non-hydrogen) atoms. The molecule has 0 amide bonds. The predicted molar refractivity (Wildman–Crippen MR) is 141 cm³/mol. The fourth-order valence-corrected chi connectivity index (χ4v) is 8.53. The average Bonchev–Trinajstić information content (AvgIpc) is 3.42. The zero-order valence-corrected chi connectivity index (χ0v) is 24.3. The number of hydrogen-bond acceptors (Lipinski definition) is 9. The van der Waals surface area contributed by atoms with Gasteiger partial charge in [0.15, 0.2) is 11.4 Å². The Hall–Kier alpha value is -2.94. The van der Waals surface area contributed by atoms with E-state index in [-0.39, 0.29) is 30.6 Å². The molecule has 0 radical (unpaired) electrons. The first-order chi connectivity index (χ1) is 18.6. The first kappa shape index (κ1) is 28.6. The average molecular weight is 557 g/mol. The maximum Gasteiger partial charge on any atom is 0.308 e. The lowest BCUT2D eigenvalue weighted by molar-refractivity contribution is -0.226. The molecule has 4 aliphatic rings. The van der Waals surface area contributed by atoms with E-state index in [9.17, 15) is 24.3 Å². The van der Waals surface area contributed by atoms with Crippen LogP contribution in [0.1, 0.15) is 78.9 Å². The van der Waals surface area contributed by atoms with Crippen molar-refractivity contribution in [3.63, 3.8) is 0 Å². The van der Waals surface area contributed by atoms with Crippen molar-refractivity contribution in [3.8, 4) is 0 Å². The Balaban J connectivity index is 1.71. The minimum absolute atomic E-state index is 0.0804. The summed E-state index contributed by atoms with van der Waals surface area (Å²) < 4.78 is 22.2. The molecule has 5 rings (SSSR count). The minimum atomic E-state index is -2.13. The quantitative estimate of drug-likeness (QED) is 0.320. The first-order valence-electron chi connectivity index (χ1n) is 14.1. The van der Waals surface area contributed by atoms with Gasteiger partial charge < -0.3 is 23.7 Å². The van der Waals surface area contributed by atoms with Gasteiger partial charge in [-0.3, -0.25) is 19.2 Å². The van der Waals surface area contributed by atoms with Crippen LogP contribution in [0, 0.1) is 39.9 Å². The van der Waals surface area contributed by atoms with E-state index in [0.29, 0.717) is 12.8 Å². The van der Waals surface area contributed by atoms with E-state index >= 15 is 0 Å². The molecule has 1 aliphatic heterocycles. The van der Waals surface area contributed by atoms with Gasteiger partial charge >= 0.3 is 17.9 Å². The second-order valence-electron chi connectivity index (χ2n) is 13.5. The number of cyclic esters (lactones) is 1. The van der Waals surface area contributed by atoms with Crippen LogP contribution in [-0.2, 0) is 33.4 Å². The van der Waals surface area contributed by atoms with Crippen molar-refractivity contribution in [2.75, 3.05) is 7.11 Å². The Labute approximate surface area is 234 Å².